The van der Waals surface area contributed by atoms with E-state index in [1.807, 2.05) is 6.92 Å². The number of esters is 1. The number of carbonyl (C=O) groups is 2. The first kappa shape index (κ1) is 25.9. The Bertz CT molecular complexity index is 1000. The predicted molar refractivity (Wildman–Crippen MR) is 123 cm³/mol. The monoisotopic (exact) mass is 482 g/mol. The molecule has 0 bridgehead atoms. The second-order valence-electron chi connectivity index (χ2n) is 7.34. The molecule has 176 valence electrons. The first-order chi connectivity index (χ1) is 15.1. The zero-order valence-electron chi connectivity index (χ0n) is 18.5. The fourth-order valence-electron chi connectivity index (χ4n) is 2.81. The van der Waals surface area contributed by atoms with Crippen LogP contribution >= 0.6 is 11.3 Å². The molecule has 2 unspecified atom stereocenters. The van der Waals surface area contributed by atoms with Gasteiger partial charge >= 0.3 is 5.97 Å². The fraction of sp³-hybridized carbons (Fsp3) is 0.476. The second-order valence-corrected chi connectivity index (χ2v) is 10.0. The van der Waals surface area contributed by atoms with Gasteiger partial charge in [0, 0.05) is 11.9 Å². The third-order valence-corrected chi connectivity index (χ3v) is 7.09. The largest absolute Gasteiger partial charge is 0.464 e. The maximum absolute atomic E-state index is 12.5. The Morgan fingerprint density at radius 1 is 1.22 bits per heavy atom. The lowest BCUT2D eigenvalue weighted by Gasteiger charge is -2.17. The minimum Gasteiger partial charge on any atom is -0.464 e. The second kappa shape index (κ2) is 12.0. The minimum absolute atomic E-state index is 0.188. The Kier molecular flexibility index (Phi) is 9.76. The molecule has 1 aromatic carbocycles. The average Bonchev–Trinajstić information content (AvgIpc) is 3.24. The lowest BCUT2D eigenvalue weighted by atomic mass is 10.1. The topological polar surface area (TPSA) is 140 Å². The van der Waals surface area contributed by atoms with Crippen molar-refractivity contribution in [2.75, 3.05) is 13.2 Å². The van der Waals surface area contributed by atoms with Gasteiger partial charge in [0.05, 0.1) is 17.5 Å². The summed E-state index contributed by atoms with van der Waals surface area (Å²) in [6.07, 6.45) is 1.30. The number of nitrogens with one attached hydrogen (secondary N) is 2. The Morgan fingerprint density at radius 2 is 1.91 bits per heavy atom. The molecule has 2 atom stereocenters. The molecular weight excluding hydrogens is 452 g/mol. The van der Waals surface area contributed by atoms with E-state index in [2.05, 4.69) is 15.0 Å². The highest BCUT2D eigenvalue weighted by Crippen LogP contribution is 2.16. The lowest BCUT2D eigenvalue weighted by molar-refractivity contribution is -0.145. The van der Waals surface area contributed by atoms with Crippen LogP contribution in [0.1, 0.15) is 60.2 Å². The molecule has 0 aliphatic rings. The van der Waals surface area contributed by atoms with Gasteiger partial charge in [0.2, 0.25) is 10.0 Å². The summed E-state index contributed by atoms with van der Waals surface area (Å²) in [5, 5.41) is 4.88. The standard InChI is InChI=1S/C21H30N4O5S2/c1-4-30-21(27)17(24-19(26)18-13-31-20(25-18)15(3)22)7-5-6-12-23-32(28,29)16-10-8-14(2)9-11-16/h8-11,13,15,17,23H,4-7,12,22H2,1-3H3,(H,24,26). The van der Waals surface area contributed by atoms with Gasteiger partial charge in [0.1, 0.15) is 16.7 Å². The number of aryl methyl sites for hydroxylation is 1. The van der Waals surface area contributed by atoms with Gasteiger partial charge in [-0.3, -0.25) is 4.79 Å². The molecule has 0 aliphatic carbocycles. The molecule has 0 saturated heterocycles. The van der Waals surface area contributed by atoms with Gasteiger partial charge in [-0.2, -0.15) is 0 Å². The van der Waals surface area contributed by atoms with Crippen LogP contribution in [0, 0.1) is 6.92 Å². The van der Waals surface area contributed by atoms with Gasteiger partial charge in [-0.25, -0.2) is 22.9 Å². The number of carbonyl (C=O) groups excluding carboxylic acids is 2. The van der Waals surface area contributed by atoms with Crippen LogP contribution in [0.3, 0.4) is 0 Å². The summed E-state index contributed by atoms with van der Waals surface area (Å²) in [6.45, 7) is 5.74. The molecule has 0 aliphatic heterocycles. The van der Waals surface area contributed by atoms with Crippen LogP contribution in [0.4, 0.5) is 0 Å². The van der Waals surface area contributed by atoms with E-state index in [1.54, 1.807) is 43.5 Å². The van der Waals surface area contributed by atoms with E-state index in [1.165, 1.54) is 11.3 Å². The molecule has 0 spiro atoms. The molecule has 4 N–H and O–H groups in total. The predicted octanol–water partition coefficient (Wildman–Crippen LogP) is 2.28. The van der Waals surface area contributed by atoms with Gasteiger partial charge in [0.15, 0.2) is 0 Å². The molecule has 32 heavy (non-hydrogen) atoms. The maximum atomic E-state index is 12.5. The molecule has 0 saturated carbocycles. The molecule has 9 nitrogen and oxygen atoms in total. The van der Waals surface area contributed by atoms with Crippen LogP contribution in [0.5, 0.6) is 0 Å². The number of sulfonamides is 1. The van der Waals surface area contributed by atoms with E-state index in [0.29, 0.717) is 24.3 Å². The van der Waals surface area contributed by atoms with Gasteiger partial charge in [-0.1, -0.05) is 17.7 Å². The molecule has 2 aromatic rings. The van der Waals surface area contributed by atoms with Crippen molar-refractivity contribution in [2.24, 2.45) is 5.73 Å². The number of nitrogens with zero attached hydrogens (tertiary/aromatic N) is 1. The highest BCUT2D eigenvalue weighted by molar-refractivity contribution is 7.89. The molecule has 1 amide bonds. The summed E-state index contributed by atoms with van der Waals surface area (Å²) in [6, 6.07) is 5.45. The Balaban J connectivity index is 1.88. The van der Waals surface area contributed by atoms with Gasteiger partial charge in [-0.15, -0.1) is 11.3 Å². The van der Waals surface area contributed by atoms with Crippen molar-refractivity contribution < 1.29 is 22.7 Å². The van der Waals surface area contributed by atoms with Crippen molar-refractivity contribution in [3.05, 3.63) is 45.9 Å². The molecule has 0 fully saturated rings. The van der Waals surface area contributed by atoms with Crippen LogP contribution in [0.2, 0.25) is 0 Å². The number of nitrogens with two attached hydrogens (primary N) is 1. The number of unbranched alkanes of at least 4 members (excludes halogenated alkanes) is 1. The Morgan fingerprint density at radius 3 is 2.50 bits per heavy atom. The fourth-order valence-corrected chi connectivity index (χ4v) is 4.64. The van der Waals surface area contributed by atoms with Crippen LogP contribution in [0.25, 0.3) is 0 Å². The zero-order chi connectivity index (χ0) is 23.7. The number of hydrogen-bond donors (Lipinski definition) is 3. The van der Waals surface area contributed by atoms with Crippen LogP contribution in [-0.4, -0.2) is 44.5 Å². The third kappa shape index (κ3) is 7.66. The molecule has 1 aromatic heterocycles. The normalized spacial score (nSPS) is 13.4. The van der Waals surface area contributed by atoms with Crippen molar-refractivity contribution in [1.29, 1.82) is 0 Å². The number of thiazole rings is 1. The van der Waals surface area contributed by atoms with E-state index in [9.17, 15) is 18.0 Å². The van der Waals surface area contributed by atoms with Crippen molar-refractivity contribution in [3.8, 4) is 0 Å². The molecule has 11 heteroatoms. The summed E-state index contributed by atoms with van der Waals surface area (Å²) in [4.78, 5) is 29.2. The smallest absolute Gasteiger partial charge is 0.328 e. The van der Waals surface area contributed by atoms with E-state index in [0.717, 1.165) is 5.56 Å². The maximum Gasteiger partial charge on any atom is 0.328 e. The van der Waals surface area contributed by atoms with E-state index >= 15 is 0 Å². The number of benzene rings is 1. The summed E-state index contributed by atoms with van der Waals surface area (Å²) in [5.74, 6) is -1.02. The van der Waals surface area contributed by atoms with E-state index in [4.69, 9.17) is 10.5 Å². The van der Waals surface area contributed by atoms with Crippen molar-refractivity contribution in [2.45, 2.75) is 57.0 Å². The quantitative estimate of drug-likeness (QED) is 0.311. The van der Waals surface area contributed by atoms with E-state index < -0.39 is 27.9 Å². The van der Waals surface area contributed by atoms with Crippen molar-refractivity contribution in [1.82, 2.24) is 15.0 Å². The summed E-state index contributed by atoms with van der Waals surface area (Å²) >= 11 is 1.28. The van der Waals surface area contributed by atoms with Crippen LogP contribution in [-0.2, 0) is 19.6 Å². The Labute approximate surface area is 192 Å². The Hall–Kier alpha value is -2.34. The molecular formula is C21H30N4O5S2. The van der Waals surface area contributed by atoms with Gasteiger partial charge in [0.25, 0.3) is 5.91 Å². The summed E-state index contributed by atoms with van der Waals surface area (Å²) in [5.41, 5.74) is 6.95. The third-order valence-electron chi connectivity index (χ3n) is 4.56. The molecule has 0 radical (unpaired) electrons. The minimum atomic E-state index is -3.59. The number of rotatable bonds is 12. The number of hydrogen-bond acceptors (Lipinski definition) is 8. The van der Waals surface area contributed by atoms with E-state index in [-0.39, 0.29) is 29.8 Å². The number of aromatic nitrogens is 1. The lowest BCUT2D eigenvalue weighted by Crippen LogP contribution is -2.42. The number of amides is 1. The average molecular weight is 483 g/mol. The zero-order valence-corrected chi connectivity index (χ0v) is 20.1. The van der Waals surface area contributed by atoms with Crippen molar-refractivity contribution in [3.63, 3.8) is 0 Å². The SMILES string of the molecule is CCOC(=O)C(CCCCNS(=O)(=O)c1ccc(C)cc1)NC(=O)c1csc(C(C)N)n1. The van der Waals surface area contributed by atoms with Crippen LogP contribution < -0.4 is 15.8 Å². The van der Waals surface area contributed by atoms with Crippen molar-refractivity contribution >= 4 is 33.2 Å². The van der Waals surface area contributed by atoms with Crippen LogP contribution in [0.15, 0.2) is 34.5 Å². The highest BCUT2D eigenvalue weighted by Gasteiger charge is 2.24. The van der Waals surface area contributed by atoms with Gasteiger partial charge in [-0.05, 0) is 52.2 Å². The van der Waals surface area contributed by atoms with Gasteiger partial charge < -0.3 is 15.8 Å². The number of ether oxygens (including phenoxy) is 1. The molecule has 1 heterocycles. The first-order valence-electron chi connectivity index (χ1n) is 10.4. The first-order valence-corrected chi connectivity index (χ1v) is 12.7. The highest BCUT2D eigenvalue weighted by atomic mass is 32.2. The molecule has 2 rings (SSSR count). The summed E-state index contributed by atoms with van der Waals surface area (Å²) < 4.78 is 32.3. The summed E-state index contributed by atoms with van der Waals surface area (Å²) in [7, 11) is -3.59.